The molecule has 4 rings (SSSR count). The van der Waals surface area contributed by atoms with Crippen molar-refractivity contribution in [3.8, 4) is 0 Å². The summed E-state index contributed by atoms with van der Waals surface area (Å²) >= 11 is 0. The fourth-order valence-corrected chi connectivity index (χ4v) is 8.80. The Kier molecular flexibility index (Phi) is 6.33. The molecule has 194 valence electrons. The highest BCUT2D eigenvalue weighted by atomic mass is 16.4. The van der Waals surface area contributed by atoms with Gasteiger partial charge in [0.2, 0.25) is 0 Å². The first-order valence-electron chi connectivity index (χ1n) is 13.3. The first-order chi connectivity index (χ1) is 16.1. The lowest BCUT2D eigenvalue weighted by atomic mass is 9.43. The van der Waals surface area contributed by atoms with E-state index in [-0.39, 0.29) is 23.0 Å². The largest absolute Gasteiger partial charge is 0.481 e. The highest BCUT2D eigenvalue weighted by Crippen LogP contribution is 2.71. The number of ketones is 1. The Balaban J connectivity index is 1.79. The minimum Gasteiger partial charge on any atom is -0.481 e. The molecule has 0 spiro atoms. The van der Waals surface area contributed by atoms with Gasteiger partial charge in [-0.05, 0) is 67.9 Å². The number of Topliss-reactive ketones (excluding diaryl/α,β-unsaturated/α-hetero) is 1. The topological polar surface area (TPSA) is 94.8 Å². The molecule has 5 heteroatoms. The van der Waals surface area contributed by atoms with Crippen LogP contribution in [0.1, 0.15) is 87.0 Å². The molecule has 0 aromatic heterocycles. The summed E-state index contributed by atoms with van der Waals surface area (Å²) in [5.41, 5.74) is 1.60. The average Bonchev–Trinajstić information content (AvgIpc) is 2.94. The van der Waals surface area contributed by atoms with E-state index >= 15 is 0 Å². The van der Waals surface area contributed by atoms with E-state index in [1.165, 1.54) is 11.1 Å². The Hall–Kier alpha value is -1.72. The number of aliphatic hydroxyl groups excluding tert-OH is 2. The Morgan fingerprint density at radius 3 is 2.40 bits per heavy atom. The summed E-state index contributed by atoms with van der Waals surface area (Å²) in [6.07, 6.45) is 8.38. The van der Waals surface area contributed by atoms with Crippen LogP contribution in [0.25, 0.3) is 0 Å². The van der Waals surface area contributed by atoms with E-state index in [0.717, 1.165) is 5.57 Å². The number of hydrogen-bond donors (Lipinski definition) is 3. The van der Waals surface area contributed by atoms with Crippen LogP contribution in [-0.4, -0.2) is 39.3 Å². The Morgan fingerprint density at radius 2 is 1.80 bits per heavy atom. The van der Waals surface area contributed by atoms with Crippen molar-refractivity contribution in [2.24, 2.45) is 39.4 Å². The van der Waals surface area contributed by atoms with E-state index in [1.54, 1.807) is 0 Å². The van der Waals surface area contributed by atoms with E-state index in [9.17, 15) is 24.9 Å². The molecule has 4 aliphatic rings. The summed E-state index contributed by atoms with van der Waals surface area (Å²) in [4.78, 5) is 25.3. The summed E-state index contributed by atoms with van der Waals surface area (Å²) in [5.74, 6) is -1.83. The fourth-order valence-electron chi connectivity index (χ4n) is 8.80. The van der Waals surface area contributed by atoms with Crippen molar-refractivity contribution in [2.45, 2.75) is 99.2 Å². The minimum absolute atomic E-state index is 0.197. The van der Waals surface area contributed by atoms with Gasteiger partial charge in [0.25, 0.3) is 0 Å². The third-order valence-electron chi connectivity index (χ3n) is 10.8. The molecule has 5 nitrogen and oxygen atoms in total. The van der Waals surface area contributed by atoms with Gasteiger partial charge in [-0.3, -0.25) is 9.59 Å². The number of carbonyl (C=O) groups is 2. The monoisotopic (exact) mass is 484 g/mol. The van der Waals surface area contributed by atoms with Gasteiger partial charge in [-0.15, -0.1) is 0 Å². The van der Waals surface area contributed by atoms with Crippen LogP contribution in [0.5, 0.6) is 0 Å². The summed E-state index contributed by atoms with van der Waals surface area (Å²) < 4.78 is 0. The van der Waals surface area contributed by atoms with Crippen molar-refractivity contribution in [3.63, 3.8) is 0 Å². The van der Waals surface area contributed by atoms with Crippen LogP contribution in [-0.2, 0) is 9.59 Å². The molecule has 0 aromatic rings. The molecule has 35 heavy (non-hydrogen) atoms. The Morgan fingerprint density at radius 1 is 1.14 bits per heavy atom. The highest BCUT2D eigenvalue weighted by molar-refractivity contribution is 5.86. The zero-order valence-corrected chi connectivity index (χ0v) is 22.5. The number of allylic oxidation sites excluding steroid dienone is 5. The molecule has 2 saturated carbocycles. The third-order valence-corrected chi connectivity index (χ3v) is 10.8. The third kappa shape index (κ3) is 3.63. The van der Waals surface area contributed by atoms with Crippen molar-refractivity contribution < 1.29 is 24.9 Å². The smallest absolute Gasteiger partial charge is 0.306 e. The maximum Gasteiger partial charge on any atom is 0.306 e. The van der Waals surface area contributed by atoms with Crippen molar-refractivity contribution in [1.29, 1.82) is 0 Å². The first kappa shape index (κ1) is 26.3. The van der Waals surface area contributed by atoms with E-state index in [0.29, 0.717) is 38.5 Å². The molecule has 8 atom stereocenters. The molecule has 4 aliphatic carbocycles. The van der Waals surface area contributed by atoms with E-state index in [1.807, 2.05) is 33.8 Å². The molecule has 0 heterocycles. The molecule has 0 saturated heterocycles. The Labute approximate surface area is 210 Å². The van der Waals surface area contributed by atoms with Crippen LogP contribution in [0.4, 0.5) is 0 Å². The van der Waals surface area contributed by atoms with Gasteiger partial charge in [0, 0.05) is 29.1 Å². The van der Waals surface area contributed by atoms with Crippen LogP contribution in [0.3, 0.4) is 0 Å². The molecule has 1 unspecified atom stereocenters. The predicted molar refractivity (Wildman–Crippen MR) is 137 cm³/mol. The fraction of sp³-hybridized carbons (Fsp3) is 0.733. The predicted octanol–water partition coefficient (Wildman–Crippen LogP) is 5.47. The maximum absolute atomic E-state index is 12.8. The molecule has 2 fully saturated rings. The highest BCUT2D eigenvalue weighted by Gasteiger charge is 2.67. The van der Waals surface area contributed by atoms with E-state index in [2.05, 4.69) is 32.9 Å². The van der Waals surface area contributed by atoms with Gasteiger partial charge in [0.05, 0.1) is 18.1 Å². The van der Waals surface area contributed by atoms with Crippen LogP contribution in [0.2, 0.25) is 0 Å². The molecule has 0 aliphatic heterocycles. The number of carboxylic acids is 1. The van der Waals surface area contributed by atoms with Crippen LogP contribution < -0.4 is 0 Å². The van der Waals surface area contributed by atoms with Gasteiger partial charge < -0.3 is 15.3 Å². The van der Waals surface area contributed by atoms with Crippen LogP contribution >= 0.6 is 0 Å². The first-order valence-corrected chi connectivity index (χ1v) is 13.3. The van der Waals surface area contributed by atoms with Crippen LogP contribution in [0.15, 0.2) is 34.9 Å². The van der Waals surface area contributed by atoms with Crippen molar-refractivity contribution in [2.75, 3.05) is 0 Å². The van der Waals surface area contributed by atoms with Gasteiger partial charge >= 0.3 is 5.97 Å². The number of hydrogen-bond acceptors (Lipinski definition) is 4. The summed E-state index contributed by atoms with van der Waals surface area (Å²) in [6, 6.07) is 0. The standard InChI is InChI=1S/C30H44O5/c1-17(2)9-8-10-18(26(34)35)24-22(32)16-30(7)20-15-21(31)25-27(3,4)23(33)12-13-28(25,5)19(20)11-14-29(24,30)6/h9,11,15,18,21-22,24-25,31-32H,8,10,12-14,16H2,1-7H3,(H,34,35)/t18-,21?,22-,24+,25+,28-,29-,30+/m1/s1. The van der Waals surface area contributed by atoms with Crippen molar-refractivity contribution in [3.05, 3.63) is 34.9 Å². The molecule has 0 bridgehead atoms. The minimum atomic E-state index is -0.839. The molecule has 0 amide bonds. The Bertz CT molecular complexity index is 1010. The second kappa shape index (κ2) is 8.41. The number of rotatable bonds is 5. The quantitative estimate of drug-likeness (QED) is 0.450. The molecule has 3 N–H and O–H groups in total. The number of carbonyl (C=O) groups excluding carboxylic acids is 1. The lowest BCUT2D eigenvalue weighted by Crippen LogP contribution is -2.57. The van der Waals surface area contributed by atoms with E-state index < -0.39 is 40.3 Å². The normalized spacial score (nSPS) is 42.7. The number of fused-ring (bicyclic) bond motifs is 5. The van der Waals surface area contributed by atoms with Gasteiger partial charge in [-0.25, -0.2) is 0 Å². The van der Waals surface area contributed by atoms with Gasteiger partial charge in [0.15, 0.2) is 0 Å². The summed E-state index contributed by atoms with van der Waals surface area (Å²) in [7, 11) is 0. The zero-order valence-electron chi connectivity index (χ0n) is 22.5. The number of aliphatic carboxylic acids is 1. The summed E-state index contributed by atoms with van der Waals surface area (Å²) in [6.45, 7) is 14.5. The second-order valence-electron chi connectivity index (χ2n) is 13.3. The molecular formula is C30H44O5. The average molecular weight is 485 g/mol. The molecule has 0 aromatic carbocycles. The van der Waals surface area contributed by atoms with Crippen LogP contribution in [0, 0.1) is 39.4 Å². The summed E-state index contributed by atoms with van der Waals surface area (Å²) in [5, 5.41) is 33.1. The van der Waals surface area contributed by atoms with E-state index in [4.69, 9.17) is 0 Å². The van der Waals surface area contributed by atoms with Crippen molar-refractivity contribution in [1.82, 2.24) is 0 Å². The second-order valence-corrected chi connectivity index (χ2v) is 13.3. The molecule has 0 radical (unpaired) electrons. The van der Waals surface area contributed by atoms with Gasteiger partial charge in [0.1, 0.15) is 5.78 Å². The zero-order chi connectivity index (χ0) is 26.1. The lowest BCUT2D eigenvalue weighted by Gasteiger charge is -2.60. The van der Waals surface area contributed by atoms with Gasteiger partial charge in [-0.2, -0.15) is 0 Å². The lowest BCUT2D eigenvalue weighted by molar-refractivity contribution is -0.148. The number of aliphatic hydroxyl groups is 2. The molecular weight excluding hydrogens is 440 g/mol. The van der Waals surface area contributed by atoms with Crippen molar-refractivity contribution >= 4 is 11.8 Å². The number of carboxylic acid groups (broad SMARTS) is 1. The maximum atomic E-state index is 12.8. The van der Waals surface area contributed by atoms with Gasteiger partial charge in [-0.1, -0.05) is 58.4 Å². The SMILES string of the molecule is CC(C)=CCC[C@@H](C(=O)O)[C@H]1[C@H](O)C[C@@]2(C)C3=CC(O)[C@H]4C(C)(C)C(=O)CC[C@]4(C)C3=CC[C@]12C.